The molecule has 0 bridgehead atoms. The summed E-state index contributed by atoms with van der Waals surface area (Å²) in [6, 6.07) is 5.90. The number of rotatable bonds is 3. The third kappa shape index (κ3) is 2.76. The maximum atomic E-state index is 11.2. The molecule has 0 atom stereocenters. The molecule has 0 radical (unpaired) electrons. The molecule has 4 heteroatoms. The molecule has 0 aromatic heterocycles. The van der Waals surface area contributed by atoms with Crippen LogP contribution in [0.5, 0.6) is 5.75 Å². The third-order valence-corrected chi connectivity index (χ3v) is 1.45. The summed E-state index contributed by atoms with van der Waals surface area (Å²) in [6.07, 6.45) is 0. The lowest BCUT2D eigenvalue weighted by Gasteiger charge is -2.02. The van der Waals surface area contributed by atoms with Crippen molar-refractivity contribution in [1.82, 2.24) is 5.32 Å². The molecular weight excluding hydrogens is 170 g/mol. The second-order valence-corrected chi connectivity index (χ2v) is 2.48. The highest BCUT2D eigenvalue weighted by Crippen LogP contribution is 2.10. The summed E-state index contributed by atoms with van der Waals surface area (Å²) in [6.45, 7) is 0.180. The number of aromatic hydroxyl groups is 1. The van der Waals surface area contributed by atoms with Crippen molar-refractivity contribution in [3.05, 3.63) is 29.8 Å². The number of hydrogen-bond donors (Lipinski definition) is 2. The van der Waals surface area contributed by atoms with Crippen LogP contribution in [0.1, 0.15) is 10.4 Å². The first kappa shape index (κ1) is 9.54. The van der Waals surface area contributed by atoms with Crippen molar-refractivity contribution in [3.8, 4) is 5.75 Å². The van der Waals surface area contributed by atoms with E-state index in [4.69, 9.17) is 9.84 Å². The van der Waals surface area contributed by atoms with Gasteiger partial charge in [-0.05, 0) is 31.3 Å². The van der Waals surface area contributed by atoms with Crippen LogP contribution in [0.25, 0.3) is 0 Å². The van der Waals surface area contributed by atoms with E-state index in [2.05, 4.69) is 5.32 Å². The first-order valence-corrected chi connectivity index (χ1v) is 3.85. The molecular formula is C9H11NO3. The molecule has 0 amide bonds. The second kappa shape index (κ2) is 4.47. The molecule has 0 heterocycles. The number of phenols is 1. The number of hydrogen-bond acceptors (Lipinski definition) is 4. The van der Waals surface area contributed by atoms with E-state index < -0.39 is 5.97 Å². The Morgan fingerprint density at radius 3 is 2.62 bits per heavy atom. The highest BCUT2D eigenvalue weighted by atomic mass is 16.5. The lowest BCUT2D eigenvalue weighted by atomic mass is 10.2. The molecule has 0 saturated carbocycles. The molecule has 0 fully saturated rings. The van der Waals surface area contributed by atoms with E-state index in [1.165, 1.54) is 24.3 Å². The standard InChI is InChI=1S/C9H11NO3/c1-10-6-13-9(12)7-2-4-8(11)5-3-7/h2-5,10-11H,6H2,1H3. The van der Waals surface area contributed by atoms with E-state index in [1.54, 1.807) is 7.05 Å². The van der Waals surface area contributed by atoms with Crippen molar-refractivity contribution in [2.75, 3.05) is 13.8 Å². The van der Waals surface area contributed by atoms with Gasteiger partial charge in [-0.15, -0.1) is 0 Å². The topological polar surface area (TPSA) is 58.6 Å². The number of phenolic OH excluding ortho intramolecular Hbond substituents is 1. The number of nitrogens with one attached hydrogen (secondary N) is 1. The molecule has 0 saturated heterocycles. The van der Waals surface area contributed by atoms with Gasteiger partial charge in [0, 0.05) is 0 Å². The van der Waals surface area contributed by atoms with Crippen molar-refractivity contribution >= 4 is 5.97 Å². The minimum absolute atomic E-state index is 0.130. The van der Waals surface area contributed by atoms with E-state index in [0.29, 0.717) is 5.56 Å². The van der Waals surface area contributed by atoms with Gasteiger partial charge < -0.3 is 9.84 Å². The fourth-order valence-corrected chi connectivity index (χ4v) is 0.819. The smallest absolute Gasteiger partial charge is 0.339 e. The van der Waals surface area contributed by atoms with Gasteiger partial charge in [0.25, 0.3) is 0 Å². The summed E-state index contributed by atoms with van der Waals surface area (Å²) in [5, 5.41) is 11.6. The molecule has 0 aliphatic heterocycles. The molecule has 70 valence electrons. The zero-order valence-electron chi connectivity index (χ0n) is 7.28. The predicted molar refractivity (Wildman–Crippen MR) is 47.4 cm³/mol. The largest absolute Gasteiger partial charge is 0.508 e. The van der Waals surface area contributed by atoms with Crippen LogP contribution in [0.15, 0.2) is 24.3 Å². The molecule has 0 unspecified atom stereocenters. The highest BCUT2D eigenvalue weighted by Gasteiger charge is 2.05. The van der Waals surface area contributed by atoms with Crippen LogP contribution >= 0.6 is 0 Å². The number of ether oxygens (including phenoxy) is 1. The highest BCUT2D eigenvalue weighted by molar-refractivity contribution is 5.89. The van der Waals surface area contributed by atoms with E-state index >= 15 is 0 Å². The van der Waals surface area contributed by atoms with Crippen molar-refractivity contribution in [3.63, 3.8) is 0 Å². The number of benzene rings is 1. The SMILES string of the molecule is CNCOC(=O)c1ccc(O)cc1. The summed E-state index contributed by atoms with van der Waals surface area (Å²) in [4.78, 5) is 11.2. The zero-order valence-corrected chi connectivity index (χ0v) is 7.28. The average Bonchev–Trinajstić information content (AvgIpc) is 2.15. The van der Waals surface area contributed by atoms with Crippen molar-refractivity contribution in [2.45, 2.75) is 0 Å². The average molecular weight is 181 g/mol. The third-order valence-electron chi connectivity index (χ3n) is 1.45. The van der Waals surface area contributed by atoms with Crippen LogP contribution < -0.4 is 5.32 Å². The monoisotopic (exact) mass is 181 g/mol. The predicted octanol–water partition coefficient (Wildman–Crippen LogP) is 0.726. The van der Waals surface area contributed by atoms with Crippen LogP contribution in [0, 0.1) is 0 Å². The van der Waals surface area contributed by atoms with Crippen LogP contribution in [-0.2, 0) is 4.74 Å². The molecule has 1 rings (SSSR count). The quantitative estimate of drug-likeness (QED) is 0.533. The van der Waals surface area contributed by atoms with Gasteiger partial charge in [0.2, 0.25) is 0 Å². The summed E-state index contributed by atoms with van der Waals surface area (Å²) in [5.74, 6) is -0.278. The Bertz CT molecular complexity index is 281. The van der Waals surface area contributed by atoms with Gasteiger partial charge in [-0.25, -0.2) is 4.79 Å². The fraction of sp³-hybridized carbons (Fsp3) is 0.222. The minimum atomic E-state index is -0.408. The summed E-state index contributed by atoms with van der Waals surface area (Å²) in [7, 11) is 1.68. The van der Waals surface area contributed by atoms with Gasteiger partial charge in [0.1, 0.15) is 12.5 Å². The van der Waals surface area contributed by atoms with Gasteiger partial charge in [-0.2, -0.15) is 0 Å². The van der Waals surface area contributed by atoms with Crippen LogP contribution in [0.2, 0.25) is 0 Å². The zero-order chi connectivity index (χ0) is 9.68. The molecule has 0 aliphatic carbocycles. The Morgan fingerprint density at radius 1 is 1.46 bits per heavy atom. The van der Waals surface area contributed by atoms with Gasteiger partial charge in [-0.3, -0.25) is 5.32 Å². The lowest BCUT2D eigenvalue weighted by Crippen LogP contribution is -2.16. The Labute approximate surface area is 76.1 Å². The van der Waals surface area contributed by atoms with Gasteiger partial charge in [0.05, 0.1) is 5.56 Å². The first-order valence-electron chi connectivity index (χ1n) is 3.85. The molecule has 0 spiro atoms. The molecule has 0 aliphatic rings. The van der Waals surface area contributed by atoms with Crippen LogP contribution in [0.3, 0.4) is 0 Å². The van der Waals surface area contributed by atoms with Crippen molar-refractivity contribution in [1.29, 1.82) is 0 Å². The molecule has 1 aromatic carbocycles. The second-order valence-electron chi connectivity index (χ2n) is 2.48. The van der Waals surface area contributed by atoms with E-state index in [9.17, 15) is 4.79 Å². The minimum Gasteiger partial charge on any atom is -0.508 e. The molecule has 13 heavy (non-hydrogen) atoms. The fourth-order valence-electron chi connectivity index (χ4n) is 0.819. The summed E-state index contributed by atoms with van der Waals surface area (Å²) < 4.78 is 4.79. The Hall–Kier alpha value is -1.55. The maximum Gasteiger partial charge on any atom is 0.339 e. The van der Waals surface area contributed by atoms with Crippen LogP contribution in [0.4, 0.5) is 0 Å². The Balaban J connectivity index is 2.61. The van der Waals surface area contributed by atoms with Crippen molar-refractivity contribution in [2.24, 2.45) is 0 Å². The lowest BCUT2D eigenvalue weighted by molar-refractivity contribution is 0.0481. The van der Waals surface area contributed by atoms with Crippen LogP contribution in [-0.4, -0.2) is 24.9 Å². The van der Waals surface area contributed by atoms with E-state index in [1.807, 2.05) is 0 Å². The maximum absolute atomic E-state index is 11.2. The van der Waals surface area contributed by atoms with E-state index in [-0.39, 0.29) is 12.5 Å². The number of esters is 1. The Kier molecular flexibility index (Phi) is 3.28. The normalized spacial score (nSPS) is 9.62. The van der Waals surface area contributed by atoms with Gasteiger partial charge >= 0.3 is 5.97 Å². The number of carbonyl (C=O) groups excluding carboxylic acids is 1. The molecule has 4 nitrogen and oxygen atoms in total. The van der Waals surface area contributed by atoms with Crippen molar-refractivity contribution < 1.29 is 14.6 Å². The first-order chi connectivity index (χ1) is 6.24. The molecule has 2 N–H and O–H groups in total. The number of carbonyl (C=O) groups is 1. The van der Waals surface area contributed by atoms with Gasteiger partial charge in [-0.1, -0.05) is 0 Å². The van der Waals surface area contributed by atoms with E-state index in [0.717, 1.165) is 0 Å². The van der Waals surface area contributed by atoms with Gasteiger partial charge in [0.15, 0.2) is 0 Å². The molecule has 1 aromatic rings. The Morgan fingerprint density at radius 2 is 2.08 bits per heavy atom. The summed E-state index contributed by atoms with van der Waals surface area (Å²) >= 11 is 0. The summed E-state index contributed by atoms with van der Waals surface area (Å²) in [5.41, 5.74) is 0.424.